The van der Waals surface area contributed by atoms with Crippen LogP contribution in [0.4, 0.5) is 5.95 Å². The third-order valence-electron chi connectivity index (χ3n) is 2.55. The predicted molar refractivity (Wildman–Crippen MR) is 71.4 cm³/mol. The van der Waals surface area contributed by atoms with Gasteiger partial charge in [-0.3, -0.25) is 0 Å². The molecule has 1 aromatic rings. The van der Waals surface area contributed by atoms with E-state index in [0.29, 0.717) is 5.92 Å². The van der Waals surface area contributed by atoms with E-state index in [-0.39, 0.29) is 0 Å². The van der Waals surface area contributed by atoms with Crippen molar-refractivity contribution >= 4 is 5.95 Å². The van der Waals surface area contributed by atoms with Crippen molar-refractivity contribution in [2.45, 2.75) is 40.7 Å². The minimum Gasteiger partial charge on any atom is -0.380 e. The van der Waals surface area contributed by atoms with Crippen LogP contribution in [0.1, 0.15) is 32.9 Å². The molecule has 1 N–H and O–H groups in total. The smallest absolute Gasteiger partial charge is 0.203 e. The summed E-state index contributed by atoms with van der Waals surface area (Å²) < 4.78 is 7.73. The van der Waals surface area contributed by atoms with E-state index in [2.05, 4.69) is 41.8 Å². The van der Waals surface area contributed by atoms with Gasteiger partial charge >= 0.3 is 0 Å². The molecule has 17 heavy (non-hydrogen) atoms. The number of hydrogen-bond donors (Lipinski definition) is 1. The second-order valence-electron chi connectivity index (χ2n) is 4.72. The van der Waals surface area contributed by atoms with Gasteiger partial charge in [0.05, 0.1) is 12.3 Å². The van der Waals surface area contributed by atoms with E-state index >= 15 is 0 Å². The Labute approximate surface area is 104 Å². The van der Waals surface area contributed by atoms with Crippen molar-refractivity contribution in [1.29, 1.82) is 0 Å². The largest absolute Gasteiger partial charge is 0.380 e. The Bertz CT molecular complexity index is 320. The van der Waals surface area contributed by atoms with Gasteiger partial charge in [-0.05, 0) is 26.2 Å². The Morgan fingerprint density at radius 3 is 2.82 bits per heavy atom. The van der Waals surface area contributed by atoms with Crippen LogP contribution in [-0.4, -0.2) is 29.3 Å². The lowest BCUT2D eigenvalue weighted by atomic mass is 10.1. The Balaban J connectivity index is 2.30. The lowest BCUT2D eigenvalue weighted by Crippen LogP contribution is -2.11. The third-order valence-corrected chi connectivity index (χ3v) is 2.55. The van der Waals surface area contributed by atoms with E-state index in [1.54, 1.807) is 0 Å². The van der Waals surface area contributed by atoms with Crippen LogP contribution in [0.3, 0.4) is 0 Å². The van der Waals surface area contributed by atoms with E-state index < -0.39 is 0 Å². The van der Waals surface area contributed by atoms with Crippen molar-refractivity contribution in [3.63, 3.8) is 0 Å². The van der Waals surface area contributed by atoms with Gasteiger partial charge in [0.25, 0.3) is 0 Å². The van der Waals surface area contributed by atoms with Crippen LogP contribution in [0, 0.1) is 12.8 Å². The fraction of sp³-hybridized carbons (Fsp3) is 0.769. The highest BCUT2D eigenvalue weighted by Crippen LogP contribution is 2.08. The van der Waals surface area contributed by atoms with E-state index in [1.807, 2.05) is 6.92 Å². The lowest BCUT2D eigenvalue weighted by Gasteiger charge is -2.09. The second kappa shape index (κ2) is 7.33. The molecule has 1 aromatic heterocycles. The quantitative estimate of drug-likeness (QED) is 0.709. The van der Waals surface area contributed by atoms with E-state index in [1.165, 1.54) is 0 Å². The molecule has 0 atom stereocenters. The molecule has 1 heterocycles. The summed E-state index contributed by atoms with van der Waals surface area (Å²) in [5.41, 5.74) is 1.04. The molecule has 0 saturated carbocycles. The first-order chi connectivity index (χ1) is 8.13. The van der Waals surface area contributed by atoms with E-state index in [9.17, 15) is 0 Å². The van der Waals surface area contributed by atoms with Crippen molar-refractivity contribution < 1.29 is 4.74 Å². The number of rotatable bonds is 8. The van der Waals surface area contributed by atoms with Crippen LogP contribution >= 0.6 is 0 Å². The maximum absolute atomic E-state index is 5.61. The summed E-state index contributed by atoms with van der Waals surface area (Å²) in [6.45, 7) is 11.9. The molecule has 0 aliphatic carbocycles. The van der Waals surface area contributed by atoms with Crippen molar-refractivity contribution in [3.8, 4) is 0 Å². The fourth-order valence-corrected chi connectivity index (χ4v) is 1.60. The molecule has 0 radical (unpaired) electrons. The number of aromatic nitrogens is 2. The minimum atomic E-state index is 0.711. The maximum Gasteiger partial charge on any atom is 0.203 e. The highest BCUT2D eigenvalue weighted by atomic mass is 16.5. The molecule has 0 amide bonds. The van der Waals surface area contributed by atoms with Crippen molar-refractivity contribution in [2.75, 3.05) is 25.1 Å². The molecule has 0 aliphatic heterocycles. The molecule has 0 unspecified atom stereocenters. The minimum absolute atomic E-state index is 0.711. The summed E-state index contributed by atoms with van der Waals surface area (Å²) in [6.07, 6.45) is 3.19. The van der Waals surface area contributed by atoms with Gasteiger partial charge in [0.1, 0.15) is 0 Å². The fourth-order valence-electron chi connectivity index (χ4n) is 1.60. The molecule has 1 rings (SSSR count). The van der Waals surface area contributed by atoms with Crippen LogP contribution in [0.15, 0.2) is 6.20 Å². The first kappa shape index (κ1) is 14.0. The molecule has 0 bridgehead atoms. The average molecular weight is 239 g/mol. The Kier molecular flexibility index (Phi) is 6.05. The topological polar surface area (TPSA) is 39.1 Å². The monoisotopic (exact) mass is 239 g/mol. The highest BCUT2D eigenvalue weighted by Gasteiger charge is 2.03. The Hall–Kier alpha value is -1.03. The molecule has 4 nitrogen and oxygen atoms in total. The molecule has 98 valence electrons. The van der Waals surface area contributed by atoms with Crippen molar-refractivity contribution in [2.24, 2.45) is 5.92 Å². The number of nitrogens with zero attached hydrogens (tertiary/aromatic N) is 2. The highest BCUT2D eigenvalue weighted by molar-refractivity contribution is 5.28. The summed E-state index contributed by atoms with van der Waals surface area (Å²) in [5, 5.41) is 3.25. The molecule has 0 aliphatic rings. The van der Waals surface area contributed by atoms with Crippen molar-refractivity contribution in [1.82, 2.24) is 9.55 Å². The SMILES string of the molecule is CCNc1nc(C)cn1CCOCCC(C)C. The zero-order valence-corrected chi connectivity index (χ0v) is 11.5. The molecule has 0 aromatic carbocycles. The zero-order valence-electron chi connectivity index (χ0n) is 11.5. The number of ether oxygens (including phenoxy) is 1. The van der Waals surface area contributed by atoms with Crippen LogP contribution < -0.4 is 5.32 Å². The average Bonchev–Trinajstić information content (AvgIpc) is 2.59. The molecule has 0 saturated heterocycles. The van der Waals surface area contributed by atoms with Gasteiger partial charge in [-0.1, -0.05) is 13.8 Å². The standard InChI is InChI=1S/C13H25N3O/c1-5-14-13-15-12(4)10-16(13)7-9-17-8-6-11(2)3/h10-11H,5-9H2,1-4H3,(H,14,15). The van der Waals surface area contributed by atoms with Crippen LogP contribution in [0.2, 0.25) is 0 Å². The molecule has 0 spiro atoms. The molecule has 4 heteroatoms. The molecular weight excluding hydrogens is 214 g/mol. The zero-order chi connectivity index (χ0) is 12.7. The summed E-state index contributed by atoms with van der Waals surface area (Å²) >= 11 is 0. The van der Waals surface area contributed by atoms with E-state index in [0.717, 1.165) is 44.4 Å². The Morgan fingerprint density at radius 2 is 2.18 bits per heavy atom. The number of hydrogen-bond acceptors (Lipinski definition) is 3. The van der Waals surface area contributed by atoms with E-state index in [4.69, 9.17) is 4.74 Å². The first-order valence-corrected chi connectivity index (χ1v) is 6.48. The second-order valence-corrected chi connectivity index (χ2v) is 4.72. The molecule has 0 fully saturated rings. The van der Waals surface area contributed by atoms with Gasteiger partial charge in [-0.15, -0.1) is 0 Å². The summed E-state index contributed by atoms with van der Waals surface area (Å²) in [4.78, 5) is 4.42. The number of nitrogens with one attached hydrogen (secondary N) is 1. The van der Waals surface area contributed by atoms with Crippen molar-refractivity contribution in [3.05, 3.63) is 11.9 Å². The van der Waals surface area contributed by atoms with Gasteiger partial charge in [0.2, 0.25) is 5.95 Å². The third kappa shape index (κ3) is 5.22. The van der Waals surface area contributed by atoms with Gasteiger partial charge in [-0.25, -0.2) is 4.98 Å². The Morgan fingerprint density at radius 1 is 1.41 bits per heavy atom. The van der Waals surface area contributed by atoms with Gasteiger partial charge < -0.3 is 14.6 Å². The summed E-state index contributed by atoms with van der Waals surface area (Å²) in [7, 11) is 0. The number of imidazole rings is 1. The molecular formula is C13H25N3O. The van der Waals surface area contributed by atoms with Gasteiger partial charge in [0, 0.05) is 25.9 Å². The normalized spacial score (nSPS) is 11.1. The van der Waals surface area contributed by atoms with Crippen LogP contribution in [-0.2, 0) is 11.3 Å². The first-order valence-electron chi connectivity index (χ1n) is 6.48. The van der Waals surface area contributed by atoms with Gasteiger partial charge in [0.15, 0.2) is 0 Å². The van der Waals surface area contributed by atoms with Crippen LogP contribution in [0.25, 0.3) is 0 Å². The number of aryl methyl sites for hydroxylation is 1. The maximum atomic E-state index is 5.61. The lowest BCUT2D eigenvalue weighted by molar-refractivity contribution is 0.116. The number of anilines is 1. The van der Waals surface area contributed by atoms with Crippen LogP contribution in [0.5, 0.6) is 0 Å². The summed E-state index contributed by atoms with van der Waals surface area (Å²) in [5.74, 6) is 1.65. The summed E-state index contributed by atoms with van der Waals surface area (Å²) in [6, 6.07) is 0. The van der Waals surface area contributed by atoms with Gasteiger partial charge in [-0.2, -0.15) is 0 Å². The predicted octanol–water partition coefficient (Wildman–Crippen LogP) is 2.69.